The van der Waals surface area contributed by atoms with E-state index in [0.29, 0.717) is 12.0 Å². The van der Waals surface area contributed by atoms with Crippen molar-refractivity contribution in [1.29, 1.82) is 0 Å². The molecule has 0 amide bonds. The summed E-state index contributed by atoms with van der Waals surface area (Å²) in [6.07, 6.45) is 3.76. The van der Waals surface area contributed by atoms with Gasteiger partial charge in [0, 0.05) is 32.2 Å². The van der Waals surface area contributed by atoms with Crippen molar-refractivity contribution in [3.05, 3.63) is 60.2 Å². The number of hydrogen-bond acceptors (Lipinski definition) is 4. The summed E-state index contributed by atoms with van der Waals surface area (Å²) in [4.78, 5) is 2.51. The molecule has 0 saturated carbocycles. The van der Waals surface area contributed by atoms with Crippen molar-refractivity contribution < 1.29 is 4.74 Å². The molecule has 2 atom stereocenters. The molecule has 0 radical (unpaired) electrons. The van der Waals surface area contributed by atoms with Crippen LogP contribution in [0.3, 0.4) is 0 Å². The summed E-state index contributed by atoms with van der Waals surface area (Å²) in [6, 6.07) is 20.0. The van der Waals surface area contributed by atoms with Crippen LogP contribution in [0.4, 0.5) is 0 Å². The van der Waals surface area contributed by atoms with Crippen LogP contribution in [0.5, 0.6) is 0 Å². The second-order valence-electron chi connectivity index (χ2n) is 8.36. The average Bonchev–Trinajstić information content (AvgIpc) is 3.22. The summed E-state index contributed by atoms with van der Waals surface area (Å²) in [7, 11) is 2.27. The summed E-state index contributed by atoms with van der Waals surface area (Å²) in [5.74, 6) is 1.43. The molecule has 2 N–H and O–H groups in total. The number of nitrogens with zero attached hydrogens (tertiary/aromatic N) is 1. The third-order valence-electron chi connectivity index (χ3n) is 6.28. The van der Waals surface area contributed by atoms with Gasteiger partial charge >= 0.3 is 0 Å². The van der Waals surface area contributed by atoms with Crippen LogP contribution in [0.15, 0.2) is 54.6 Å². The number of benzene rings is 2. The zero-order chi connectivity index (χ0) is 19.2. The third-order valence-corrected chi connectivity index (χ3v) is 6.28. The van der Waals surface area contributed by atoms with Crippen LogP contribution >= 0.6 is 0 Å². The van der Waals surface area contributed by atoms with Gasteiger partial charge in [-0.2, -0.15) is 0 Å². The van der Waals surface area contributed by atoms with Crippen molar-refractivity contribution in [3.8, 4) is 11.1 Å². The average molecular weight is 380 g/mol. The fourth-order valence-electron chi connectivity index (χ4n) is 4.50. The second kappa shape index (κ2) is 9.66. The predicted octanol–water partition coefficient (Wildman–Crippen LogP) is 3.87. The Kier molecular flexibility index (Phi) is 6.76. The SMILES string of the molecule is CN(CCC1CCOCC1)CC1CNNC1c1ccc(-c2ccccc2)cc1. The van der Waals surface area contributed by atoms with E-state index < -0.39 is 0 Å². The fourth-order valence-corrected chi connectivity index (χ4v) is 4.50. The Labute approximate surface area is 169 Å². The molecule has 2 aromatic carbocycles. The molecule has 2 aromatic rings. The molecular formula is C24H33N3O. The molecule has 4 nitrogen and oxygen atoms in total. The lowest BCUT2D eigenvalue weighted by atomic mass is 9.92. The molecule has 0 spiro atoms. The van der Waals surface area contributed by atoms with Crippen LogP contribution in [0.25, 0.3) is 11.1 Å². The van der Waals surface area contributed by atoms with Crippen molar-refractivity contribution in [3.63, 3.8) is 0 Å². The lowest BCUT2D eigenvalue weighted by Crippen LogP contribution is -2.32. The molecular weight excluding hydrogens is 346 g/mol. The van der Waals surface area contributed by atoms with E-state index in [2.05, 4.69) is 77.4 Å². The first-order valence-corrected chi connectivity index (χ1v) is 10.7. The van der Waals surface area contributed by atoms with Crippen molar-refractivity contribution in [2.24, 2.45) is 11.8 Å². The van der Waals surface area contributed by atoms with Crippen molar-refractivity contribution in [2.45, 2.75) is 25.3 Å². The van der Waals surface area contributed by atoms with E-state index in [-0.39, 0.29) is 0 Å². The molecule has 4 rings (SSSR count). The lowest BCUT2D eigenvalue weighted by molar-refractivity contribution is 0.0605. The Morgan fingerprint density at radius 1 is 0.964 bits per heavy atom. The van der Waals surface area contributed by atoms with Crippen LogP contribution in [-0.4, -0.2) is 44.8 Å². The molecule has 2 heterocycles. The van der Waals surface area contributed by atoms with Crippen molar-refractivity contribution in [1.82, 2.24) is 15.8 Å². The van der Waals surface area contributed by atoms with Gasteiger partial charge in [-0.05, 0) is 55.5 Å². The van der Waals surface area contributed by atoms with Crippen LogP contribution in [0, 0.1) is 11.8 Å². The van der Waals surface area contributed by atoms with Crippen molar-refractivity contribution >= 4 is 0 Å². The molecule has 0 bridgehead atoms. The number of nitrogens with one attached hydrogen (secondary N) is 2. The van der Waals surface area contributed by atoms with E-state index >= 15 is 0 Å². The minimum absolute atomic E-state index is 0.371. The van der Waals surface area contributed by atoms with Crippen LogP contribution in [-0.2, 0) is 4.74 Å². The molecule has 0 aliphatic carbocycles. The molecule has 2 aliphatic rings. The quantitative estimate of drug-likeness (QED) is 0.766. The van der Waals surface area contributed by atoms with Crippen LogP contribution in [0.1, 0.15) is 30.9 Å². The molecule has 2 unspecified atom stereocenters. The van der Waals surface area contributed by atoms with E-state index in [1.165, 1.54) is 42.5 Å². The highest BCUT2D eigenvalue weighted by Gasteiger charge is 2.29. The second-order valence-corrected chi connectivity index (χ2v) is 8.36. The molecule has 2 aliphatic heterocycles. The maximum Gasteiger partial charge on any atom is 0.0515 e. The van der Waals surface area contributed by atoms with E-state index in [4.69, 9.17) is 4.74 Å². The monoisotopic (exact) mass is 379 g/mol. The van der Waals surface area contributed by atoms with Gasteiger partial charge in [0.15, 0.2) is 0 Å². The zero-order valence-electron chi connectivity index (χ0n) is 16.9. The van der Waals surface area contributed by atoms with E-state index in [0.717, 1.165) is 32.2 Å². The number of rotatable bonds is 7. The fraction of sp³-hybridized carbons (Fsp3) is 0.500. The number of hydrazine groups is 1. The largest absolute Gasteiger partial charge is 0.381 e. The van der Waals surface area contributed by atoms with Gasteiger partial charge in [-0.3, -0.25) is 5.43 Å². The Balaban J connectivity index is 1.32. The predicted molar refractivity (Wildman–Crippen MR) is 115 cm³/mol. The first kappa shape index (κ1) is 19.6. The smallest absolute Gasteiger partial charge is 0.0515 e. The summed E-state index contributed by atoms with van der Waals surface area (Å²) in [6.45, 7) is 5.22. The highest BCUT2D eigenvalue weighted by molar-refractivity contribution is 5.63. The zero-order valence-corrected chi connectivity index (χ0v) is 16.9. The maximum absolute atomic E-state index is 5.48. The minimum Gasteiger partial charge on any atom is -0.381 e. The van der Waals surface area contributed by atoms with Crippen molar-refractivity contribution in [2.75, 3.05) is 39.9 Å². The van der Waals surface area contributed by atoms with E-state index in [1.54, 1.807) is 0 Å². The van der Waals surface area contributed by atoms with E-state index in [1.807, 2.05) is 0 Å². The Hall–Kier alpha value is -1.72. The first-order valence-electron chi connectivity index (χ1n) is 10.7. The lowest BCUT2D eigenvalue weighted by Gasteiger charge is -2.28. The third kappa shape index (κ3) is 5.00. The summed E-state index contributed by atoms with van der Waals surface area (Å²) in [5, 5.41) is 0. The summed E-state index contributed by atoms with van der Waals surface area (Å²) in [5.41, 5.74) is 10.8. The molecule has 28 heavy (non-hydrogen) atoms. The highest BCUT2D eigenvalue weighted by atomic mass is 16.5. The Morgan fingerprint density at radius 2 is 1.68 bits per heavy atom. The van der Waals surface area contributed by atoms with Crippen LogP contribution in [0.2, 0.25) is 0 Å². The topological polar surface area (TPSA) is 36.5 Å². The molecule has 150 valence electrons. The van der Waals surface area contributed by atoms with Gasteiger partial charge < -0.3 is 9.64 Å². The first-order chi connectivity index (χ1) is 13.8. The summed E-state index contributed by atoms with van der Waals surface area (Å²) >= 11 is 0. The van der Waals surface area contributed by atoms with Gasteiger partial charge in [-0.25, -0.2) is 5.43 Å². The normalized spacial score (nSPS) is 23.4. The minimum atomic E-state index is 0.371. The van der Waals surface area contributed by atoms with E-state index in [9.17, 15) is 0 Å². The van der Waals surface area contributed by atoms with Gasteiger partial charge in [-0.1, -0.05) is 54.6 Å². The van der Waals surface area contributed by atoms with Crippen LogP contribution < -0.4 is 10.9 Å². The number of ether oxygens (including phenoxy) is 1. The van der Waals surface area contributed by atoms with Gasteiger partial charge in [0.05, 0.1) is 6.04 Å². The van der Waals surface area contributed by atoms with Gasteiger partial charge in [0.1, 0.15) is 0 Å². The highest BCUT2D eigenvalue weighted by Crippen LogP contribution is 2.28. The molecule has 4 heteroatoms. The molecule has 2 saturated heterocycles. The van der Waals surface area contributed by atoms with Gasteiger partial charge in [0.25, 0.3) is 0 Å². The molecule has 2 fully saturated rings. The standard InChI is InChI=1S/C24H33N3O/c1-27(14-11-19-12-15-28-16-13-19)18-23-17-25-26-24(23)22-9-7-21(8-10-22)20-5-3-2-4-6-20/h2-10,19,23-26H,11-18H2,1H3. The molecule has 0 aromatic heterocycles. The Bertz CT molecular complexity index is 712. The van der Waals surface area contributed by atoms with Gasteiger partial charge in [-0.15, -0.1) is 0 Å². The number of hydrogen-bond donors (Lipinski definition) is 2. The van der Waals surface area contributed by atoms with Gasteiger partial charge in [0.2, 0.25) is 0 Å². The maximum atomic E-state index is 5.48. The Morgan fingerprint density at radius 3 is 2.43 bits per heavy atom. The summed E-state index contributed by atoms with van der Waals surface area (Å²) < 4.78 is 5.48.